The lowest BCUT2D eigenvalue weighted by Crippen LogP contribution is -2.48. The molecule has 4 aromatic rings. The van der Waals surface area contributed by atoms with Crippen molar-refractivity contribution in [1.29, 1.82) is 0 Å². The molecule has 2 aromatic carbocycles. The zero-order valence-electron chi connectivity index (χ0n) is 18.7. The first kappa shape index (κ1) is 21.8. The van der Waals surface area contributed by atoms with Crippen molar-refractivity contribution in [1.82, 2.24) is 24.8 Å². The molecular weight excluding hydrogens is 421 g/mol. The predicted molar refractivity (Wildman–Crippen MR) is 126 cm³/mol. The van der Waals surface area contributed by atoms with Crippen molar-refractivity contribution < 1.29 is 14.2 Å². The third-order valence-electron chi connectivity index (χ3n) is 6.40. The summed E-state index contributed by atoms with van der Waals surface area (Å²) in [6, 6.07) is 12.3. The topological polar surface area (TPSA) is 77.5 Å². The molecule has 1 fully saturated rings. The number of hydrogen-bond acceptors (Lipinski definition) is 6. The van der Waals surface area contributed by atoms with Gasteiger partial charge in [0.25, 0.3) is 0 Å². The van der Waals surface area contributed by atoms with Gasteiger partial charge in [-0.05, 0) is 42.0 Å². The van der Waals surface area contributed by atoms with E-state index in [0.717, 1.165) is 72.7 Å². The molecule has 2 N–H and O–H groups in total. The van der Waals surface area contributed by atoms with Gasteiger partial charge in [0.2, 0.25) is 0 Å². The van der Waals surface area contributed by atoms with Crippen molar-refractivity contribution in [3.63, 3.8) is 0 Å². The summed E-state index contributed by atoms with van der Waals surface area (Å²) in [6.45, 7) is 5.15. The first-order valence-electron chi connectivity index (χ1n) is 11.3. The molecule has 0 amide bonds. The van der Waals surface area contributed by atoms with Gasteiger partial charge in [-0.15, -0.1) is 0 Å². The van der Waals surface area contributed by atoms with E-state index in [2.05, 4.69) is 24.8 Å². The fourth-order valence-electron chi connectivity index (χ4n) is 4.52. The molecule has 172 valence electrons. The lowest BCUT2D eigenvalue weighted by molar-refractivity contribution is 0.0734. The molecular formula is C25H28FN5O2. The van der Waals surface area contributed by atoms with Gasteiger partial charge in [0, 0.05) is 63.3 Å². The van der Waals surface area contributed by atoms with Gasteiger partial charge in [0.15, 0.2) is 0 Å². The monoisotopic (exact) mass is 449 g/mol. The minimum atomic E-state index is -0.592. The smallest absolute Gasteiger partial charge is 0.125 e. The summed E-state index contributed by atoms with van der Waals surface area (Å²) in [7, 11) is 1.64. The van der Waals surface area contributed by atoms with Crippen LogP contribution in [-0.4, -0.2) is 76.2 Å². The van der Waals surface area contributed by atoms with Crippen LogP contribution in [0.25, 0.3) is 21.9 Å². The maximum atomic E-state index is 13.4. The number of pyridine rings is 1. The van der Waals surface area contributed by atoms with Gasteiger partial charge < -0.3 is 19.7 Å². The van der Waals surface area contributed by atoms with Crippen molar-refractivity contribution in [3.05, 3.63) is 65.9 Å². The number of H-pyrrole nitrogens is 1. The van der Waals surface area contributed by atoms with Crippen LogP contribution >= 0.6 is 0 Å². The van der Waals surface area contributed by atoms with Crippen LogP contribution in [0.15, 0.2) is 48.7 Å². The molecule has 0 aliphatic carbocycles. The summed E-state index contributed by atoms with van der Waals surface area (Å²) in [5.74, 6) is 1.37. The number of rotatable bonds is 7. The Morgan fingerprint density at radius 3 is 2.70 bits per heavy atom. The van der Waals surface area contributed by atoms with Crippen LogP contribution in [0.1, 0.15) is 17.5 Å². The van der Waals surface area contributed by atoms with Crippen LogP contribution in [0.3, 0.4) is 0 Å². The van der Waals surface area contributed by atoms with E-state index in [1.807, 2.05) is 24.3 Å². The fourth-order valence-corrected chi connectivity index (χ4v) is 4.52. The highest BCUT2D eigenvalue weighted by Crippen LogP contribution is 2.27. The second-order valence-corrected chi connectivity index (χ2v) is 8.54. The second kappa shape index (κ2) is 9.43. The molecule has 2 aromatic heterocycles. The summed E-state index contributed by atoms with van der Waals surface area (Å²) in [5, 5.41) is 11.9. The minimum absolute atomic E-state index is 0.266. The van der Waals surface area contributed by atoms with Gasteiger partial charge in [-0.3, -0.25) is 9.88 Å². The van der Waals surface area contributed by atoms with Gasteiger partial charge in [-0.2, -0.15) is 0 Å². The molecule has 1 aliphatic heterocycles. The van der Waals surface area contributed by atoms with E-state index in [0.29, 0.717) is 12.1 Å². The van der Waals surface area contributed by atoms with E-state index in [4.69, 9.17) is 4.74 Å². The Labute approximate surface area is 191 Å². The number of halogens is 1. The number of piperazine rings is 1. The van der Waals surface area contributed by atoms with E-state index in [-0.39, 0.29) is 5.82 Å². The van der Waals surface area contributed by atoms with Crippen LogP contribution in [0.5, 0.6) is 5.75 Å². The molecule has 5 rings (SSSR count). The SMILES string of the molecule is COc1ccc2nccc(C(O)CN3CCN(CCc4nc5cc(F)ccc5[nH]4)CC3)c2c1. The fraction of sp³-hybridized carbons (Fsp3) is 0.360. The predicted octanol–water partition coefficient (Wildman–Crippen LogP) is 3.15. The number of benzene rings is 2. The van der Waals surface area contributed by atoms with Crippen LogP contribution < -0.4 is 4.74 Å². The standard InChI is InChI=1S/C25H28FN5O2/c1-33-18-3-5-21-20(15-18)19(6-8-27-21)24(32)16-31-12-10-30(11-13-31)9-7-25-28-22-4-2-17(26)14-23(22)29-25/h2-6,8,14-15,24,32H,7,9-13,16H2,1H3,(H,28,29). The number of aromatic nitrogens is 3. The van der Waals surface area contributed by atoms with E-state index in [1.54, 1.807) is 19.4 Å². The van der Waals surface area contributed by atoms with Crippen molar-refractivity contribution >= 4 is 21.9 Å². The summed E-state index contributed by atoms with van der Waals surface area (Å²) in [5.41, 5.74) is 3.27. The van der Waals surface area contributed by atoms with E-state index < -0.39 is 6.10 Å². The first-order chi connectivity index (χ1) is 16.1. The lowest BCUT2D eigenvalue weighted by Gasteiger charge is -2.35. The van der Waals surface area contributed by atoms with Gasteiger partial charge in [0.05, 0.1) is 29.8 Å². The number of ether oxygens (including phenoxy) is 1. The van der Waals surface area contributed by atoms with Gasteiger partial charge in [-0.1, -0.05) is 0 Å². The molecule has 1 atom stereocenters. The molecule has 0 radical (unpaired) electrons. The summed E-state index contributed by atoms with van der Waals surface area (Å²) in [4.78, 5) is 16.9. The van der Waals surface area contributed by atoms with Crippen molar-refractivity contribution in [3.8, 4) is 5.75 Å². The number of hydrogen-bond donors (Lipinski definition) is 2. The largest absolute Gasteiger partial charge is 0.497 e. The molecule has 8 heteroatoms. The Hall–Kier alpha value is -3.07. The third kappa shape index (κ3) is 4.83. The summed E-state index contributed by atoms with van der Waals surface area (Å²) in [6.07, 6.45) is 1.95. The Kier molecular flexibility index (Phi) is 6.22. The Morgan fingerprint density at radius 1 is 1.06 bits per heavy atom. The number of β-amino-alcohol motifs (C(OH)–C–C–N with tert-alkyl or cyclic N) is 1. The molecule has 3 heterocycles. The molecule has 0 saturated carbocycles. The number of aromatic amines is 1. The molecule has 7 nitrogen and oxygen atoms in total. The molecule has 1 saturated heterocycles. The maximum absolute atomic E-state index is 13.4. The Morgan fingerprint density at radius 2 is 1.88 bits per heavy atom. The quantitative estimate of drug-likeness (QED) is 0.451. The second-order valence-electron chi connectivity index (χ2n) is 8.54. The van der Waals surface area contributed by atoms with Crippen molar-refractivity contribution in [2.75, 3.05) is 46.4 Å². The number of nitrogens with zero attached hydrogens (tertiary/aromatic N) is 4. The van der Waals surface area contributed by atoms with Gasteiger partial charge >= 0.3 is 0 Å². The van der Waals surface area contributed by atoms with Gasteiger partial charge in [0.1, 0.15) is 17.4 Å². The summed E-state index contributed by atoms with van der Waals surface area (Å²) >= 11 is 0. The Bertz CT molecular complexity index is 1250. The molecule has 33 heavy (non-hydrogen) atoms. The van der Waals surface area contributed by atoms with E-state index in [9.17, 15) is 9.50 Å². The number of fused-ring (bicyclic) bond motifs is 2. The minimum Gasteiger partial charge on any atom is -0.497 e. The number of nitrogens with one attached hydrogen (secondary N) is 1. The average molecular weight is 450 g/mol. The average Bonchev–Trinajstić information content (AvgIpc) is 3.24. The summed E-state index contributed by atoms with van der Waals surface area (Å²) < 4.78 is 18.7. The highest BCUT2D eigenvalue weighted by Gasteiger charge is 2.21. The number of methoxy groups -OCH3 is 1. The van der Waals surface area contributed by atoms with Crippen LogP contribution in [0, 0.1) is 5.82 Å². The third-order valence-corrected chi connectivity index (χ3v) is 6.40. The van der Waals surface area contributed by atoms with E-state index >= 15 is 0 Å². The van der Waals surface area contributed by atoms with E-state index in [1.165, 1.54) is 12.1 Å². The zero-order chi connectivity index (χ0) is 22.8. The van der Waals surface area contributed by atoms with Crippen LogP contribution in [0.4, 0.5) is 4.39 Å². The highest BCUT2D eigenvalue weighted by atomic mass is 19.1. The van der Waals surface area contributed by atoms with Crippen molar-refractivity contribution in [2.24, 2.45) is 0 Å². The molecule has 0 bridgehead atoms. The molecule has 0 spiro atoms. The molecule has 1 aliphatic rings. The van der Waals surface area contributed by atoms with Gasteiger partial charge in [-0.25, -0.2) is 9.37 Å². The number of imidazole rings is 1. The zero-order valence-corrected chi connectivity index (χ0v) is 18.7. The lowest BCUT2D eigenvalue weighted by atomic mass is 10.0. The van der Waals surface area contributed by atoms with Crippen LogP contribution in [-0.2, 0) is 6.42 Å². The first-order valence-corrected chi connectivity index (χ1v) is 11.3. The Balaban J connectivity index is 1.15. The maximum Gasteiger partial charge on any atom is 0.125 e. The number of aliphatic hydroxyl groups excluding tert-OH is 1. The molecule has 1 unspecified atom stereocenters. The van der Waals surface area contributed by atoms with Crippen LogP contribution in [0.2, 0.25) is 0 Å². The normalized spacial score (nSPS) is 16.5. The van der Waals surface area contributed by atoms with Crippen molar-refractivity contribution in [2.45, 2.75) is 12.5 Å². The highest BCUT2D eigenvalue weighted by molar-refractivity contribution is 5.83. The number of aliphatic hydroxyl groups is 1.